The molecule has 3 aromatic rings. The molecule has 1 atom stereocenters. The van der Waals surface area contributed by atoms with Crippen molar-refractivity contribution in [2.45, 2.75) is 19.5 Å². The van der Waals surface area contributed by atoms with E-state index in [0.717, 1.165) is 40.1 Å². The summed E-state index contributed by atoms with van der Waals surface area (Å²) in [6, 6.07) is 13.9. The number of hydrogen-bond donors (Lipinski definition) is 1. The Morgan fingerprint density at radius 2 is 1.97 bits per heavy atom. The highest BCUT2D eigenvalue weighted by molar-refractivity contribution is 6.31. The van der Waals surface area contributed by atoms with Gasteiger partial charge in [0.15, 0.2) is 0 Å². The highest BCUT2D eigenvalue weighted by Crippen LogP contribution is 2.30. The molecule has 1 unspecified atom stereocenters. The fourth-order valence-corrected chi connectivity index (χ4v) is 3.82. The standard InChI is InChI=1S/C22H24Cl3N3O/c1-15(13-24)28(10-8-23)14-16-11-18(4-6-22(16)29-2)27-20-7-9-26-21-12-17(25)3-5-19(20)21/h3-7,9,11-12,15H,8,10,13-14H2,1-2H3,(H,26,27). The molecule has 154 valence electrons. The first-order chi connectivity index (χ1) is 14.0. The number of anilines is 2. The molecule has 0 saturated heterocycles. The molecule has 1 aromatic heterocycles. The maximum Gasteiger partial charge on any atom is 0.123 e. The number of halogens is 3. The Balaban J connectivity index is 1.91. The lowest BCUT2D eigenvalue weighted by Gasteiger charge is -2.28. The van der Waals surface area contributed by atoms with E-state index in [0.29, 0.717) is 23.3 Å². The summed E-state index contributed by atoms with van der Waals surface area (Å²) < 4.78 is 5.58. The van der Waals surface area contributed by atoms with Crippen LogP contribution in [0.1, 0.15) is 12.5 Å². The highest BCUT2D eigenvalue weighted by Gasteiger charge is 2.16. The minimum atomic E-state index is 0.214. The van der Waals surface area contributed by atoms with Crippen molar-refractivity contribution >= 4 is 57.1 Å². The predicted octanol–water partition coefficient (Wildman–Crippen LogP) is 6.31. The summed E-state index contributed by atoms with van der Waals surface area (Å²) >= 11 is 18.2. The summed E-state index contributed by atoms with van der Waals surface area (Å²) in [5, 5.41) is 5.17. The molecule has 7 heteroatoms. The van der Waals surface area contributed by atoms with E-state index in [1.807, 2.05) is 36.4 Å². The van der Waals surface area contributed by atoms with E-state index in [2.05, 4.69) is 28.2 Å². The Labute approximate surface area is 186 Å². The number of fused-ring (bicyclic) bond motifs is 1. The molecule has 0 aliphatic rings. The predicted molar refractivity (Wildman–Crippen MR) is 124 cm³/mol. The third-order valence-electron chi connectivity index (χ3n) is 4.86. The Kier molecular flexibility index (Phi) is 7.84. The van der Waals surface area contributed by atoms with E-state index in [1.54, 1.807) is 13.3 Å². The summed E-state index contributed by atoms with van der Waals surface area (Å²) in [7, 11) is 1.68. The van der Waals surface area contributed by atoms with Crippen LogP contribution >= 0.6 is 34.8 Å². The van der Waals surface area contributed by atoms with Gasteiger partial charge in [-0.2, -0.15) is 0 Å². The van der Waals surface area contributed by atoms with Gasteiger partial charge in [0.2, 0.25) is 0 Å². The summed E-state index contributed by atoms with van der Waals surface area (Å²) in [5.74, 6) is 1.93. The maximum atomic E-state index is 6.10. The van der Waals surface area contributed by atoms with Crippen LogP contribution in [-0.4, -0.2) is 41.3 Å². The Morgan fingerprint density at radius 3 is 2.69 bits per heavy atom. The van der Waals surface area contributed by atoms with Crippen molar-refractivity contribution in [1.82, 2.24) is 9.88 Å². The minimum absolute atomic E-state index is 0.214. The van der Waals surface area contributed by atoms with Gasteiger partial charge in [-0.1, -0.05) is 11.6 Å². The molecule has 0 amide bonds. The smallest absolute Gasteiger partial charge is 0.123 e. The van der Waals surface area contributed by atoms with Crippen molar-refractivity contribution in [3.63, 3.8) is 0 Å². The minimum Gasteiger partial charge on any atom is -0.496 e. The van der Waals surface area contributed by atoms with Crippen LogP contribution in [0.4, 0.5) is 11.4 Å². The molecule has 0 spiro atoms. The first kappa shape index (κ1) is 22.0. The second kappa shape index (κ2) is 10.4. The second-order valence-corrected chi connectivity index (χ2v) is 7.96. The number of nitrogens with one attached hydrogen (secondary N) is 1. The molecule has 2 aromatic carbocycles. The molecule has 1 N–H and O–H groups in total. The molecule has 29 heavy (non-hydrogen) atoms. The molecular formula is C22H24Cl3N3O. The zero-order chi connectivity index (χ0) is 20.8. The second-order valence-electron chi connectivity index (χ2n) is 6.83. The normalized spacial score (nSPS) is 12.3. The number of methoxy groups -OCH3 is 1. The van der Waals surface area contributed by atoms with Gasteiger partial charge in [0.05, 0.1) is 12.6 Å². The number of ether oxygens (including phenoxy) is 1. The van der Waals surface area contributed by atoms with Gasteiger partial charge in [-0.15, -0.1) is 23.2 Å². The lowest BCUT2D eigenvalue weighted by molar-refractivity contribution is 0.225. The van der Waals surface area contributed by atoms with Gasteiger partial charge in [-0.25, -0.2) is 0 Å². The van der Waals surface area contributed by atoms with E-state index in [4.69, 9.17) is 39.5 Å². The summed E-state index contributed by atoms with van der Waals surface area (Å²) in [5.41, 5.74) is 3.85. The highest BCUT2D eigenvalue weighted by atomic mass is 35.5. The fourth-order valence-electron chi connectivity index (χ4n) is 3.25. The van der Waals surface area contributed by atoms with E-state index in [1.165, 1.54) is 0 Å². The zero-order valence-corrected chi connectivity index (χ0v) is 18.7. The Morgan fingerprint density at radius 1 is 1.14 bits per heavy atom. The number of pyridine rings is 1. The van der Waals surface area contributed by atoms with Crippen molar-refractivity contribution in [2.24, 2.45) is 0 Å². The summed E-state index contributed by atoms with van der Waals surface area (Å²) in [6.45, 7) is 3.56. The number of hydrogen-bond acceptors (Lipinski definition) is 4. The average Bonchev–Trinajstić information content (AvgIpc) is 2.73. The van der Waals surface area contributed by atoms with Crippen molar-refractivity contribution in [3.05, 3.63) is 59.2 Å². The van der Waals surface area contributed by atoms with Gasteiger partial charge in [0, 0.05) is 64.4 Å². The Hall–Kier alpha value is -1.72. The largest absolute Gasteiger partial charge is 0.496 e. The van der Waals surface area contributed by atoms with E-state index in [-0.39, 0.29) is 6.04 Å². The topological polar surface area (TPSA) is 37.4 Å². The molecule has 4 nitrogen and oxygen atoms in total. The SMILES string of the molecule is COc1ccc(Nc2ccnc3cc(Cl)ccc23)cc1CN(CCCl)C(C)CCl. The van der Waals surface area contributed by atoms with Gasteiger partial charge in [-0.05, 0) is 49.4 Å². The summed E-state index contributed by atoms with van der Waals surface area (Å²) in [6.07, 6.45) is 1.77. The summed E-state index contributed by atoms with van der Waals surface area (Å²) in [4.78, 5) is 6.66. The van der Waals surface area contributed by atoms with Crippen LogP contribution in [0.5, 0.6) is 5.75 Å². The third-order valence-corrected chi connectivity index (χ3v) is 5.71. The van der Waals surface area contributed by atoms with Crippen LogP contribution in [0, 0.1) is 0 Å². The molecule has 0 bridgehead atoms. The van der Waals surface area contributed by atoms with Crippen LogP contribution in [0.3, 0.4) is 0 Å². The van der Waals surface area contributed by atoms with E-state index in [9.17, 15) is 0 Å². The number of aromatic nitrogens is 1. The average molecular weight is 453 g/mol. The molecule has 0 radical (unpaired) electrons. The van der Waals surface area contributed by atoms with Crippen LogP contribution in [0.2, 0.25) is 5.02 Å². The molecule has 0 fully saturated rings. The van der Waals surface area contributed by atoms with Crippen molar-refractivity contribution < 1.29 is 4.74 Å². The van der Waals surface area contributed by atoms with Crippen LogP contribution in [0.15, 0.2) is 48.7 Å². The van der Waals surface area contributed by atoms with Crippen molar-refractivity contribution in [2.75, 3.05) is 30.7 Å². The van der Waals surface area contributed by atoms with Crippen LogP contribution in [-0.2, 0) is 6.54 Å². The maximum absolute atomic E-state index is 6.10. The molecule has 1 heterocycles. The van der Waals surface area contributed by atoms with Gasteiger partial charge in [0.25, 0.3) is 0 Å². The number of rotatable bonds is 9. The Bertz CT molecular complexity index is 967. The molecule has 0 aliphatic heterocycles. The van der Waals surface area contributed by atoms with E-state index < -0.39 is 0 Å². The lowest BCUT2D eigenvalue weighted by atomic mass is 10.1. The lowest BCUT2D eigenvalue weighted by Crippen LogP contribution is -2.35. The first-order valence-electron chi connectivity index (χ1n) is 9.40. The van der Waals surface area contributed by atoms with Crippen LogP contribution < -0.4 is 10.1 Å². The van der Waals surface area contributed by atoms with E-state index >= 15 is 0 Å². The fraction of sp³-hybridized carbons (Fsp3) is 0.318. The zero-order valence-electron chi connectivity index (χ0n) is 16.5. The van der Waals surface area contributed by atoms with Gasteiger partial charge in [-0.3, -0.25) is 9.88 Å². The van der Waals surface area contributed by atoms with Crippen molar-refractivity contribution in [3.8, 4) is 5.75 Å². The van der Waals surface area contributed by atoms with Gasteiger partial charge in [0.1, 0.15) is 5.75 Å². The van der Waals surface area contributed by atoms with Crippen molar-refractivity contribution in [1.29, 1.82) is 0 Å². The molecule has 0 saturated carbocycles. The van der Waals surface area contributed by atoms with Crippen LogP contribution in [0.25, 0.3) is 10.9 Å². The number of benzene rings is 2. The molecular weight excluding hydrogens is 429 g/mol. The quantitative estimate of drug-likeness (QED) is 0.386. The van der Waals surface area contributed by atoms with Gasteiger partial charge >= 0.3 is 0 Å². The van der Waals surface area contributed by atoms with Gasteiger partial charge < -0.3 is 10.1 Å². The number of alkyl halides is 2. The molecule has 3 rings (SSSR count). The molecule has 0 aliphatic carbocycles. The third kappa shape index (κ3) is 5.46. The monoisotopic (exact) mass is 451 g/mol. The first-order valence-corrected chi connectivity index (χ1v) is 10.8. The number of nitrogens with zero attached hydrogens (tertiary/aromatic N) is 2.